The minimum Gasteiger partial charge on any atom is -0.399 e. The molecule has 0 unspecified atom stereocenters. The Kier molecular flexibility index (Phi) is 5.35. The molecule has 0 fully saturated rings. The first-order valence-corrected chi connectivity index (χ1v) is 6.93. The van der Waals surface area contributed by atoms with Crippen molar-refractivity contribution in [2.24, 2.45) is 0 Å². The van der Waals surface area contributed by atoms with E-state index >= 15 is 0 Å². The molecule has 0 spiro atoms. The van der Waals surface area contributed by atoms with Gasteiger partial charge in [-0.25, -0.2) is 0 Å². The molecule has 110 valence electrons. The van der Waals surface area contributed by atoms with Gasteiger partial charge in [0, 0.05) is 11.4 Å². The zero-order valence-corrected chi connectivity index (χ0v) is 12.1. The highest BCUT2D eigenvalue weighted by Crippen LogP contribution is 2.17. The Morgan fingerprint density at radius 3 is 2.67 bits per heavy atom. The van der Waals surface area contributed by atoms with E-state index in [9.17, 15) is 4.79 Å². The van der Waals surface area contributed by atoms with E-state index in [1.165, 1.54) is 0 Å². The van der Waals surface area contributed by atoms with Gasteiger partial charge in [0.2, 0.25) is 5.91 Å². The van der Waals surface area contributed by atoms with Crippen LogP contribution in [0, 0.1) is 6.92 Å². The summed E-state index contributed by atoms with van der Waals surface area (Å²) >= 11 is 0. The molecule has 2 rings (SSSR count). The second-order valence-corrected chi connectivity index (χ2v) is 4.91. The van der Waals surface area contributed by atoms with E-state index in [1.807, 2.05) is 49.4 Å². The maximum Gasteiger partial charge on any atom is 0.226 e. The summed E-state index contributed by atoms with van der Waals surface area (Å²) in [6, 6.07) is 15.3. The minimum atomic E-state index is -0.0593. The van der Waals surface area contributed by atoms with Crippen molar-refractivity contribution in [2.45, 2.75) is 20.0 Å². The van der Waals surface area contributed by atoms with Crippen molar-refractivity contribution in [1.29, 1.82) is 0 Å². The van der Waals surface area contributed by atoms with Gasteiger partial charge in [0.1, 0.15) is 0 Å². The Bertz CT molecular complexity index is 597. The smallest absolute Gasteiger partial charge is 0.226 e. The fourth-order valence-corrected chi connectivity index (χ4v) is 1.97. The predicted molar refractivity (Wildman–Crippen MR) is 84.9 cm³/mol. The molecule has 0 saturated heterocycles. The molecule has 0 aliphatic heterocycles. The molecule has 0 aliphatic carbocycles. The number of amides is 1. The van der Waals surface area contributed by atoms with Crippen molar-refractivity contribution in [3.05, 3.63) is 59.7 Å². The van der Waals surface area contributed by atoms with E-state index in [0.717, 1.165) is 16.8 Å². The highest BCUT2D eigenvalue weighted by Gasteiger charge is 2.05. The van der Waals surface area contributed by atoms with Gasteiger partial charge in [0.25, 0.3) is 0 Å². The van der Waals surface area contributed by atoms with Gasteiger partial charge in [-0.15, -0.1) is 0 Å². The number of benzene rings is 2. The summed E-state index contributed by atoms with van der Waals surface area (Å²) in [5.41, 5.74) is 9.22. The second-order valence-electron chi connectivity index (χ2n) is 4.91. The van der Waals surface area contributed by atoms with E-state index in [-0.39, 0.29) is 5.91 Å². The molecule has 4 nitrogen and oxygen atoms in total. The third-order valence-corrected chi connectivity index (χ3v) is 3.11. The number of nitrogens with two attached hydrogens (primary N) is 1. The molecule has 4 heteroatoms. The van der Waals surface area contributed by atoms with Crippen LogP contribution in [0.3, 0.4) is 0 Å². The van der Waals surface area contributed by atoms with E-state index in [2.05, 4.69) is 5.32 Å². The highest BCUT2D eigenvalue weighted by atomic mass is 16.5. The van der Waals surface area contributed by atoms with Crippen molar-refractivity contribution in [3.8, 4) is 0 Å². The number of anilines is 2. The lowest BCUT2D eigenvalue weighted by molar-refractivity contribution is -0.117. The maximum atomic E-state index is 11.8. The molecule has 21 heavy (non-hydrogen) atoms. The largest absolute Gasteiger partial charge is 0.399 e. The zero-order valence-electron chi connectivity index (χ0n) is 12.1. The highest BCUT2D eigenvalue weighted by molar-refractivity contribution is 5.91. The lowest BCUT2D eigenvalue weighted by Crippen LogP contribution is -2.15. The molecule has 0 saturated carbocycles. The molecule has 2 aromatic carbocycles. The number of aryl methyl sites for hydroxylation is 1. The molecule has 1 amide bonds. The summed E-state index contributed by atoms with van der Waals surface area (Å²) < 4.78 is 5.50. The van der Waals surface area contributed by atoms with Gasteiger partial charge in [-0.05, 0) is 36.2 Å². The first-order chi connectivity index (χ1) is 10.1. The van der Waals surface area contributed by atoms with E-state index < -0.39 is 0 Å². The van der Waals surface area contributed by atoms with Gasteiger partial charge in [-0.1, -0.05) is 30.3 Å². The lowest BCUT2D eigenvalue weighted by Gasteiger charge is -2.09. The molecule has 0 heterocycles. The Morgan fingerprint density at radius 1 is 1.19 bits per heavy atom. The Hall–Kier alpha value is -2.33. The van der Waals surface area contributed by atoms with E-state index in [4.69, 9.17) is 10.5 Å². The first-order valence-electron chi connectivity index (χ1n) is 6.93. The standard InChI is InChI=1S/C17H20N2O2/c1-13-11-15(18)7-8-16(13)19-17(20)9-10-21-12-14-5-3-2-4-6-14/h2-8,11H,9-10,12,18H2,1H3,(H,19,20). The van der Waals surface area contributed by atoms with Gasteiger partial charge >= 0.3 is 0 Å². The van der Waals surface area contributed by atoms with Crippen LogP contribution in [0.25, 0.3) is 0 Å². The number of nitrogens with one attached hydrogen (secondary N) is 1. The number of hydrogen-bond donors (Lipinski definition) is 2. The van der Waals surface area contributed by atoms with Crippen molar-refractivity contribution in [3.63, 3.8) is 0 Å². The summed E-state index contributed by atoms with van der Waals surface area (Å²) in [5, 5.41) is 2.86. The van der Waals surface area contributed by atoms with Crippen LogP contribution in [-0.4, -0.2) is 12.5 Å². The molecular formula is C17H20N2O2. The molecule has 2 aromatic rings. The van der Waals surface area contributed by atoms with Crippen molar-refractivity contribution in [1.82, 2.24) is 0 Å². The van der Waals surface area contributed by atoms with Gasteiger partial charge < -0.3 is 15.8 Å². The summed E-state index contributed by atoms with van der Waals surface area (Å²) in [4.78, 5) is 11.8. The third kappa shape index (κ3) is 4.93. The van der Waals surface area contributed by atoms with Crippen LogP contribution < -0.4 is 11.1 Å². The lowest BCUT2D eigenvalue weighted by atomic mass is 10.2. The molecule has 0 bridgehead atoms. The number of nitrogen functional groups attached to an aromatic ring is 1. The Balaban J connectivity index is 1.72. The average molecular weight is 284 g/mol. The number of hydrogen-bond acceptors (Lipinski definition) is 3. The van der Waals surface area contributed by atoms with Gasteiger partial charge in [-0.2, -0.15) is 0 Å². The van der Waals surface area contributed by atoms with E-state index in [0.29, 0.717) is 25.3 Å². The predicted octanol–water partition coefficient (Wildman–Crippen LogP) is 3.12. The Labute approximate surface area is 124 Å². The average Bonchev–Trinajstić information content (AvgIpc) is 2.48. The van der Waals surface area contributed by atoms with E-state index in [1.54, 1.807) is 6.07 Å². The molecule has 0 atom stereocenters. The topological polar surface area (TPSA) is 64.3 Å². The number of carbonyl (C=O) groups excluding carboxylic acids is 1. The van der Waals surface area contributed by atoms with Crippen LogP contribution in [0.15, 0.2) is 48.5 Å². The summed E-state index contributed by atoms with van der Waals surface area (Å²) in [6.45, 7) is 2.83. The van der Waals surface area contributed by atoms with Gasteiger partial charge in [0.15, 0.2) is 0 Å². The van der Waals surface area contributed by atoms with Crippen LogP contribution in [0.1, 0.15) is 17.5 Å². The number of carbonyl (C=O) groups is 1. The molecular weight excluding hydrogens is 264 g/mol. The van der Waals surface area contributed by atoms with Crippen molar-refractivity contribution < 1.29 is 9.53 Å². The van der Waals surface area contributed by atoms with Crippen LogP contribution in [0.4, 0.5) is 11.4 Å². The molecule has 0 radical (unpaired) electrons. The van der Waals surface area contributed by atoms with Crippen LogP contribution in [-0.2, 0) is 16.1 Å². The summed E-state index contributed by atoms with van der Waals surface area (Å²) in [5.74, 6) is -0.0593. The zero-order chi connectivity index (χ0) is 15.1. The fraction of sp³-hybridized carbons (Fsp3) is 0.235. The van der Waals surface area contributed by atoms with Gasteiger partial charge in [0.05, 0.1) is 19.6 Å². The summed E-state index contributed by atoms with van der Waals surface area (Å²) in [6.07, 6.45) is 0.330. The van der Waals surface area contributed by atoms with Gasteiger partial charge in [-0.3, -0.25) is 4.79 Å². The first kappa shape index (κ1) is 15.1. The molecule has 0 aromatic heterocycles. The van der Waals surface area contributed by atoms with Crippen LogP contribution in [0.2, 0.25) is 0 Å². The van der Waals surface area contributed by atoms with Crippen LogP contribution in [0.5, 0.6) is 0 Å². The monoisotopic (exact) mass is 284 g/mol. The maximum absolute atomic E-state index is 11.8. The summed E-state index contributed by atoms with van der Waals surface area (Å²) in [7, 11) is 0. The quantitative estimate of drug-likeness (QED) is 0.632. The Morgan fingerprint density at radius 2 is 1.95 bits per heavy atom. The molecule has 0 aliphatic rings. The minimum absolute atomic E-state index is 0.0593. The fourth-order valence-electron chi connectivity index (χ4n) is 1.97. The SMILES string of the molecule is Cc1cc(N)ccc1NC(=O)CCOCc1ccccc1. The normalized spacial score (nSPS) is 10.3. The second kappa shape index (κ2) is 7.45. The van der Waals surface area contributed by atoms with Crippen molar-refractivity contribution in [2.75, 3.05) is 17.7 Å². The number of rotatable bonds is 6. The van der Waals surface area contributed by atoms with Crippen molar-refractivity contribution >= 4 is 17.3 Å². The third-order valence-electron chi connectivity index (χ3n) is 3.11. The number of ether oxygens (including phenoxy) is 1. The van der Waals surface area contributed by atoms with Crippen LogP contribution >= 0.6 is 0 Å². The molecule has 3 N–H and O–H groups in total.